The number of carbonyl (C=O) groups excluding carboxylic acids is 2. The van der Waals surface area contributed by atoms with Gasteiger partial charge in [0, 0.05) is 19.5 Å². The summed E-state index contributed by atoms with van der Waals surface area (Å²) in [4.78, 5) is 24.7. The Morgan fingerprint density at radius 1 is 1.26 bits per heavy atom. The molecule has 1 heterocycles. The summed E-state index contributed by atoms with van der Waals surface area (Å²) in [6.07, 6.45) is 0.889. The van der Waals surface area contributed by atoms with Crippen molar-refractivity contribution in [2.24, 2.45) is 0 Å². The average Bonchev–Trinajstić information content (AvgIpc) is 2.90. The van der Waals surface area contributed by atoms with Crippen LogP contribution < -0.4 is 5.32 Å². The Balaban J connectivity index is 1.69. The van der Waals surface area contributed by atoms with E-state index in [1.807, 2.05) is 0 Å². The molecule has 0 atom stereocenters. The molecule has 5 nitrogen and oxygen atoms in total. The van der Waals surface area contributed by atoms with Crippen molar-refractivity contribution in [1.82, 2.24) is 10.2 Å². The van der Waals surface area contributed by atoms with Crippen molar-refractivity contribution in [3.8, 4) is 0 Å². The summed E-state index contributed by atoms with van der Waals surface area (Å²) in [6.45, 7) is 8.58. The topological polar surface area (TPSA) is 58.6 Å². The first-order chi connectivity index (χ1) is 10.9. The highest BCUT2D eigenvalue weighted by atomic mass is 16.6. The normalized spacial score (nSPS) is 14.7. The highest BCUT2D eigenvalue weighted by Crippen LogP contribution is 2.22. The molecular weight excluding hydrogens is 292 g/mol. The molecule has 2 rings (SSSR count). The summed E-state index contributed by atoms with van der Waals surface area (Å²) in [5, 5.41) is 2.85. The monoisotopic (exact) mass is 318 g/mol. The molecule has 126 valence electrons. The van der Waals surface area contributed by atoms with Gasteiger partial charge in [0.2, 0.25) is 5.91 Å². The first kappa shape index (κ1) is 17.3. The molecule has 1 saturated heterocycles. The molecule has 1 fully saturated rings. The summed E-state index contributed by atoms with van der Waals surface area (Å²) < 4.78 is 4.84. The molecule has 1 aliphatic heterocycles. The second-order valence-electron chi connectivity index (χ2n) is 6.90. The number of nitrogens with zero attached hydrogens (tertiary/aromatic N) is 1. The van der Waals surface area contributed by atoms with Crippen molar-refractivity contribution in [3.05, 3.63) is 35.4 Å². The minimum absolute atomic E-state index is 0.0115. The van der Waals surface area contributed by atoms with Crippen LogP contribution in [0.15, 0.2) is 24.3 Å². The van der Waals surface area contributed by atoms with Crippen molar-refractivity contribution in [2.45, 2.75) is 39.0 Å². The third-order valence-corrected chi connectivity index (χ3v) is 4.01. The van der Waals surface area contributed by atoms with E-state index in [9.17, 15) is 9.59 Å². The second-order valence-corrected chi connectivity index (χ2v) is 6.90. The molecule has 1 aromatic rings. The lowest BCUT2D eigenvalue weighted by atomic mass is 9.86. The minimum Gasteiger partial charge on any atom is -0.448 e. The number of hydrogen-bond acceptors (Lipinski definition) is 3. The van der Waals surface area contributed by atoms with E-state index in [2.05, 4.69) is 50.4 Å². The van der Waals surface area contributed by atoms with Crippen LogP contribution >= 0.6 is 0 Å². The van der Waals surface area contributed by atoms with Gasteiger partial charge in [0.25, 0.3) is 0 Å². The number of ether oxygens (including phenoxy) is 1. The number of amides is 2. The van der Waals surface area contributed by atoms with Crippen LogP contribution in [0.2, 0.25) is 0 Å². The van der Waals surface area contributed by atoms with Crippen LogP contribution in [0.4, 0.5) is 4.79 Å². The van der Waals surface area contributed by atoms with Crippen LogP contribution in [-0.4, -0.2) is 43.1 Å². The van der Waals surface area contributed by atoms with Gasteiger partial charge in [0.1, 0.15) is 6.61 Å². The van der Waals surface area contributed by atoms with Crippen molar-refractivity contribution >= 4 is 12.0 Å². The maximum atomic E-state index is 11.9. The van der Waals surface area contributed by atoms with Gasteiger partial charge in [-0.05, 0) is 23.0 Å². The zero-order valence-electron chi connectivity index (χ0n) is 14.2. The first-order valence-corrected chi connectivity index (χ1v) is 8.14. The predicted molar refractivity (Wildman–Crippen MR) is 89.4 cm³/mol. The Bertz CT molecular complexity index is 546. The number of benzene rings is 1. The van der Waals surface area contributed by atoms with E-state index < -0.39 is 0 Å². The van der Waals surface area contributed by atoms with Gasteiger partial charge in [-0.1, -0.05) is 45.0 Å². The first-order valence-electron chi connectivity index (χ1n) is 8.14. The highest BCUT2D eigenvalue weighted by molar-refractivity contribution is 5.76. The predicted octanol–water partition coefficient (Wildman–Crippen LogP) is 2.49. The molecule has 0 aromatic heterocycles. The standard InChI is InChI=1S/C18H26N2O3/c1-18(2,3)15-7-4-14(5-8-15)6-9-16(21)19-10-11-20-12-13-23-17(20)22/h4-5,7-8H,6,9-13H2,1-3H3,(H,19,21). The van der Waals surface area contributed by atoms with Gasteiger partial charge in [-0.15, -0.1) is 0 Å². The molecule has 1 aliphatic rings. The average molecular weight is 318 g/mol. The molecule has 0 saturated carbocycles. The van der Waals surface area contributed by atoms with Crippen molar-refractivity contribution < 1.29 is 14.3 Å². The molecule has 2 amide bonds. The smallest absolute Gasteiger partial charge is 0.409 e. The van der Waals surface area contributed by atoms with Gasteiger partial charge in [0.15, 0.2) is 0 Å². The van der Waals surface area contributed by atoms with Crippen molar-refractivity contribution in [1.29, 1.82) is 0 Å². The van der Waals surface area contributed by atoms with Gasteiger partial charge in [-0.3, -0.25) is 4.79 Å². The van der Waals surface area contributed by atoms with Crippen LogP contribution in [0, 0.1) is 0 Å². The van der Waals surface area contributed by atoms with Crippen molar-refractivity contribution in [2.75, 3.05) is 26.2 Å². The van der Waals surface area contributed by atoms with E-state index in [1.165, 1.54) is 5.56 Å². The highest BCUT2D eigenvalue weighted by Gasteiger charge is 2.21. The van der Waals surface area contributed by atoms with Crippen LogP contribution in [0.3, 0.4) is 0 Å². The van der Waals surface area contributed by atoms with Crippen LogP contribution in [-0.2, 0) is 21.4 Å². The Morgan fingerprint density at radius 2 is 1.96 bits per heavy atom. The Hall–Kier alpha value is -2.04. The molecule has 0 unspecified atom stereocenters. The lowest BCUT2D eigenvalue weighted by Crippen LogP contribution is -2.35. The molecule has 0 bridgehead atoms. The van der Waals surface area contributed by atoms with Gasteiger partial charge in [-0.25, -0.2) is 4.79 Å². The van der Waals surface area contributed by atoms with Crippen LogP contribution in [0.5, 0.6) is 0 Å². The minimum atomic E-state index is -0.293. The molecular formula is C18H26N2O3. The zero-order valence-corrected chi connectivity index (χ0v) is 14.2. The van der Waals surface area contributed by atoms with Gasteiger partial charge >= 0.3 is 6.09 Å². The number of rotatable bonds is 6. The fraction of sp³-hybridized carbons (Fsp3) is 0.556. The third kappa shape index (κ3) is 5.27. The molecule has 5 heteroatoms. The summed E-state index contributed by atoms with van der Waals surface area (Å²) in [7, 11) is 0. The molecule has 23 heavy (non-hydrogen) atoms. The summed E-state index contributed by atoms with van der Waals surface area (Å²) in [6, 6.07) is 8.45. The Labute approximate surface area is 138 Å². The number of hydrogen-bond donors (Lipinski definition) is 1. The van der Waals surface area contributed by atoms with E-state index in [4.69, 9.17) is 4.74 Å². The van der Waals surface area contributed by atoms with E-state index >= 15 is 0 Å². The largest absolute Gasteiger partial charge is 0.448 e. The Morgan fingerprint density at radius 3 is 2.52 bits per heavy atom. The van der Waals surface area contributed by atoms with E-state index in [0.29, 0.717) is 32.7 Å². The molecule has 0 spiro atoms. The maximum Gasteiger partial charge on any atom is 0.409 e. The van der Waals surface area contributed by atoms with Crippen LogP contribution in [0.25, 0.3) is 0 Å². The zero-order chi connectivity index (χ0) is 16.9. The van der Waals surface area contributed by atoms with Gasteiger partial charge < -0.3 is 15.0 Å². The third-order valence-electron chi connectivity index (χ3n) is 4.01. The van der Waals surface area contributed by atoms with Gasteiger partial charge in [0.05, 0.1) is 6.54 Å². The fourth-order valence-corrected chi connectivity index (χ4v) is 2.48. The number of carbonyl (C=O) groups is 2. The molecule has 1 aromatic carbocycles. The lowest BCUT2D eigenvalue weighted by molar-refractivity contribution is -0.121. The number of cyclic esters (lactones) is 1. The SMILES string of the molecule is CC(C)(C)c1ccc(CCC(=O)NCCN2CCOC2=O)cc1. The Kier molecular flexibility index (Phi) is 5.64. The van der Waals surface area contributed by atoms with E-state index in [1.54, 1.807) is 4.90 Å². The number of aryl methyl sites for hydroxylation is 1. The van der Waals surface area contributed by atoms with Crippen LogP contribution in [0.1, 0.15) is 38.3 Å². The second kappa shape index (κ2) is 7.49. The maximum absolute atomic E-state index is 11.9. The lowest BCUT2D eigenvalue weighted by Gasteiger charge is -2.19. The van der Waals surface area contributed by atoms with Gasteiger partial charge in [-0.2, -0.15) is 0 Å². The molecule has 1 N–H and O–H groups in total. The summed E-state index contributed by atoms with van der Waals surface area (Å²) in [5.74, 6) is 0.0115. The summed E-state index contributed by atoms with van der Waals surface area (Å²) >= 11 is 0. The number of nitrogens with one attached hydrogen (secondary N) is 1. The fourth-order valence-electron chi connectivity index (χ4n) is 2.48. The summed E-state index contributed by atoms with van der Waals surface area (Å²) in [5.41, 5.74) is 2.60. The quantitative estimate of drug-likeness (QED) is 0.876. The molecule has 0 radical (unpaired) electrons. The van der Waals surface area contributed by atoms with Crippen molar-refractivity contribution in [3.63, 3.8) is 0 Å². The van der Waals surface area contributed by atoms with E-state index in [0.717, 1.165) is 12.0 Å². The molecule has 0 aliphatic carbocycles. The van der Waals surface area contributed by atoms with E-state index in [-0.39, 0.29) is 17.4 Å².